The Kier molecular flexibility index (Phi) is 4.91. The van der Waals surface area contributed by atoms with Crippen molar-refractivity contribution in [1.29, 1.82) is 0 Å². The number of nitrogens with one attached hydrogen (secondary N) is 2. The zero-order chi connectivity index (χ0) is 16.1. The molecule has 1 aliphatic rings. The van der Waals surface area contributed by atoms with Crippen LogP contribution in [0.2, 0.25) is 0 Å². The molecule has 1 amide bonds. The number of aryl methyl sites for hydroxylation is 1. The number of carbonyl (C=O) groups excluding carboxylic acids is 1. The Morgan fingerprint density at radius 2 is 1.78 bits per heavy atom. The highest BCUT2D eigenvalue weighted by molar-refractivity contribution is 5.95. The van der Waals surface area contributed by atoms with Crippen molar-refractivity contribution in [3.05, 3.63) is 53.9 Å². The van der Waals surface area contributed by atoms with Crippen molar-refractivity contribution in [1.82, 2.24) is 10.3 Å². The molecule has 4 nitrogen and oxygen atoms in total. The number of aromatic nitrogens is 1. The Bertz CT molecular complexity index is 661. The van der Waals surface area contributed by atoms with E-state index in [1.54, 1.807) is 12.4 Å². The van der Waals surface area contributed by atoms with Crippen LogP contribution in [0.5, 0.6) is 0 Å². The van der Waals surface area contributed by atoms with Gasteiger partial charge in [0.2, 0.25) is 0 Å². The summed E-state index contributed by atoms with van der Waals surface area (Å²) in [6.07, 6.45) is 9.22. The fraction of sp³-hybridized carbons (Fsp3) is 0.368. The average Bonchev–Trinajstić information content (AvgIpc) is 2.58. The van der Waals surface area contributed by atoms with E-state index in [1.807, 2.05) is 18.2 Å². The molecule has 1 aliphatic carbocycles. The van der Waals surface area contributed by atoms with E-state index in [2.05, 4.69) is 34.7 Å². The zero-order valence-corrected chi connectivity index (χ0v) is 13.5. The highest BCUT2D eigenvalue weighted by Gasteiger charge is 2.17. The molecule has 0 atom stereocenters. The number of rotatable bonds is 4. The van der Waals surface area contributed by atoms with Crippen LogP contribution < -0.4 is 10.6 Å². The summed E-state index contributed by atoms with van der Waals surface area (Å²) >= 11 is 0. The number of hydrogen-bond acceptors (Lipinski definition) is 3. The minimum atomic E-state index is -0.0306. The normalized spacial score (nSPS) is 15.2. The van der Waals surface area contributed by atoms with Crippen LogP contribution in [0.1, 0.15) is 48.0 Å². The molecule has 1 aromatic heterocycles. The van der Waals surface area contributed by atoms with Gasteiger partial charge in [-0.15, -0.1) is 0 Å². The predicted octanol–water partition coefficient (Wildman–Crippen LogP) is 4.20. The van der Waals surface area contributed by atoms with Gasteiger partial charge < -0.3 is 10.6 Å². The number of amides is 1. The molecular formula is C19H23N3O. The summed E-state index contributed by atoms with van der Waals surface area (Å²) in [5.41, 5.74) is 3.63. The molecule has 1 fully saturated rings. The van der Waals surface area contributed by atoms with Gasteiger partial charge in [-0.3, -0.25) is 9.78 Å². The number of pyridine rings is 1. The van der Waals surface area contributed by atoms with Gasteiger partial charge in [-0.2, -0.15) is 0 Å². The van der Waals surface area contributed by atoms with Crippen LogP contribution in [-0.2, 0) is 0 Å². The summed E-state index contributed by atoms with van der Waals surface area (Å²) in [5, 5.41) is 6.41. The van der Waals surface area contributed by atoms with Gasteiger partial charge in [0.05, 0.1) is 17.4 Å². The standard InChI is InChI=1S/C19H23N3O/c1-14-7-9-17(10-8-14)21-18-11-15(12-20-13-18)19(23)22-16-5-3-2-4-6-16/h7-13,16,21H,2-6H2,1H3,(H,22,23). The molecule has 120 valence electrons. The molecule has 2 aromatic rings. The van der Waals surface area contributed by atoms with E-state index in [1.165, 1.54) is 24.8 Å². The van der Waals surface area contributed by atoms with E-state index in [9.17, 15) is 4.79 Å². The lowest BCUT2D eigenvalue weighted by Gasteiger charge is -2.22. The van der Waals surface area contributed by atoms with E-state index >= 15 is 0 Å². The number of nitrogens with zero attached hydrogens (tertiary/aromatic N) is 1. The lowest BCUT2D eigenvalue weighted by atomic mass is 9.95. The van der Waals surface area contributed by atoms with Crippen molar-refractivity contribution in [2.75, 3.05) is 5.32 Å². The molecule has 2 N–H and O–H groups in total. The van der Waals surface area contributed by atoms with Gasteiger partial charge in [-0.1, -0.05) is 37.0 Å². The number of carbonyl (C=O) groups is 1. The number of benzene rings is 1. The maximum atomic E-state index is 12.4. The maximum absolute atomic E-state index is 12.4. The van der Waals surface area contributed by atoms with E-state index in [0.717, 1.165) is 24.2 Å². The highest BCUT2D eigenvalue weighted by atomic mass is 16.1. The minimum absolute atomic E-state index is 0.0306. The molecular weight excluding hydrogens is 286 g/mol. The Balaban J connectivity index is 1.66. The van der Waals surface area contributed by atoms with Gasteiger partial charge in [0, 0.05) is 17.9 Å². The van der Waals surface area contributed by atoms with Crippen molar-refractivity contribution in [2.45, 2.75) is 45.1 Å². The first-order valence-electron chi connectivity index (χ1n) is 8.30. The third-order valence-electron chi connectivity index (χ3n) is 4.28. The van der Waals surface area contributed by atoms with Crippen molar-refractivity contribution in [2.24, 2.45) is 0 Å². The lowest BCUT2D eigenvalue weighted by Crippen LogP contribution is -2.36. The van der Waals surface area contributed by atoms with Gasteiger partial charge >= 0.3 is 0 Å². The Morgan fingerprint density at radius 1 is 1.04 bits per heavy atom. The van der Waals surface area contributed by atoms with Crippen LogP contribution in [0.3, 0.4) is 0 Å². The second-order valence-corrected chi connectivity index (χ2v) is 6.26. The molecule has 1 heterocycles. The SMILES string of the molecule is Cc1ccc(Nc2cncc(C(=O)NC3CCCCC3)c2)cc1. The molecule has 0 bridgehead atoms. The molecule has 0 aliphatic heterocycles. The van der Waals surface area contributed by atoms with Crippen molar-refractivity contribution >= 4 is 17.3 Å². The quantitative estimate of drug-likeness (QED) is 0.890. The van der Waals surface area contributed by atoms with E-state index in [0.29, 0.717) is 11.6 Å². The Labute approximate surface area is 137 Å². The third kappa shape index (κ3) is 4.31. The Hall–Kier alpha value is -2.36. The smallest absolute Gasteiger partial charge is 0.253 e. The molecule has 0 saturated heterocycles. The lowest BCUT2D eigenvalue weighted by molar-refractivity contribution is 0.0927. The first kappa shape index (κ1) is 15.5. The number of anilines is 2. The topological polar surface area (TPSA) is 54.0 Å². The van der Waals surface area contributed by atoms with Gasteiger partial charge in [-0.05, 0) is 38.0 Å². The van der Waals surface area contributed by atoms with E-state index in [-0.39, 0.29) is 5.91 Å². The molecule has 1 saturated carbocycles. The fourth-order valence-electron chi connectivity index (χ4n) is 2.95. The van der Waals surface area contributed by atoms with Crippen LogP contribution in [0.4, 0.5) is 11.4 Å². The van der Waals surface area contributed by atoms with E-state index in [4.69, 9.17) is 0 Å². The summed E-state index contributed by atoms with van der Waals surface area (Å²) < 4.78 is 0. The van der Waals surface area contributed by atoms with Gasteiger partial charge in [0.1, 0.15) is 0 Å². The molecule has 1 aromatic carbocycles. The minimum Gasteiger partial charge on any atom is -0.354 e. The molecule has 3 rings (SSSR count). The highest BCUT2D eigenvalue weighted by Crippen LogP contribution is 2.19. The second-order valence-electron chi connectivity index (χ2n) is 6.26. The summed E-state index contributed by atoms with van der Waals surface area (Å²) in [5.74, 6) is -0.0306. The van der Waals surface area contributed by atoms with Gasteiger partial charge in [0.15, 0.2) is 0 Å². The molecule has 0 radical (unpaired) electrons. The molecule has 0 spiro atoms. The van der Waals surface area contributed by atoms with Crippen LogP contribution >= 0.6 is 0 Å². The summed E-state index contributed by atoms with van der Waals surface area (Å²) in [6, 6.07) is 10.3. The van der Waals surface area contributed by atoms with Crippen molar-refractivity contribution < 1.29 is 4.79 Å². The van der Waals surface area contributed by atoms with Crippen LogP contribution in [0.15, 0.2) is 42.7 Å². The Morgan fingerprint density at radius 3 is 2.52 bits per heavy atom. The van der Waals surface area contributed by atoms with Gasteiger partial charge in [-0.25, -0.2) is 0 Å². The predicted molar refractivity (Wildman–Crippen MR) is 93.0 cm³/mol. The summed E-state index contributed by atoms with van der Waals surface area (Å²) in [4.78, 5) is 16.6. The van der Waals surface area contributed by atoms with Crippen LogP contribution in [-0.4, -0.2) is 16.9 Å². The number of hydrogen-bond donors (Lipinski definition) is 2. The second kappa shape index (κ2) is 7.27. The van der Waals surface area contributed by atoms with Gasteiger partial charge in [0.25, 0.3) is 5.91 Å². The van der Waals surface area contributed by atoms with Crippen molar-refractivity contribution in [3.8, 4) is 0 Å². The molecule has 23 heavy (non-hydrogen) atoms. The largest absolute Gasteiger partial charge is 0.354 e. The first-order chi connectivity index (χ1) is 11.2. The molecule has 0 unspecified atom stereocenters. The monoisotopic (exact) mass is 309 g/mol. The first-order valence-corrected chi connectivity index (χ1v) is 8.30. The van der Waals surface area contributed by atoms with Crippen LogP contribution in [0, 0.1) is 6.92 Å². The summed E-state index contributed by atoms with van der Waals surface area (Å²) in [6.45, 7) is 2.06. The van der Waals surface area contributed by atoms with E-state index < -0.39 is 0 Å². The fourth-order valence-corrected chi connectivity index (χ4v) is 2.95. The van der Waals surface area contributed by atoms with Crippen LogP contribution in [0.25, 0.3) is 0 Å². The third-order valence-corrected chi connectivity index (χ3v) is 4.28. The van der Waals surface area contributed by atoms with Crippen molar-refractivity contribution in [3.63, 3.8) is 0 Å². The maximum Gasteiger partial charge on any atom is 0.253 e. The summed E-state index contributed by atoms with van der Waals surface area (Å²) in [7, 11) is 0. The zero-order valence-electron chi connectivity index (χ0n) is 13.5. The average molecular weight is 309 g/mol. The molecule has 4 heteroatoms.